The number of hydrogen-bond donors (Lipinski definition) is 0. The fraction of sp³-hybridized carbons (Fsp3) is 0.238. The van der Waals surface area contributed by atoms with Crippen LogP contribution in [0.25, 0.3) is 22.5 Å². The van der Waals surface area contributed by atoms with Gasteiger partial charge in [-0.05, 0) is 20.8 Å². The lowest BCUT2D eigenvalue weighted by molar-refractivity contribution is 0.851. The first-order valence-electron chi connectivity index (χ1n) is 8.49. The van der Waals surface area contributed by atoms with Crippen LogP contribution in [0.15, 0.2) is 60.7 Å². The topological polar surface area (TPSA) is 29.0 Å². The first-order valence-corrected chi connectivity index (χ1v) is 8.49. The molecule has 1 aromatic heterocycles. The standard InChI is InChI=1S/C21H23N3/c1-4-24(5-2)21-16(3)19(17-12-8-6-9-13-17)22-23-20(21)18-14-10-7-11-15-18/h6-15H,4-5H2,1-3H3. The highest BCUT2D eigenvalue weighted by molar-refractivity contribution is 5.82. The van der Waals surface area contributed by atoms with Gasteiger partial charge in [-0.1, -0.05) is 60.7 Å². The molecule has 1 heterocycles. The maximum absolute atomic E-state index is 4.61. The van der Waals surface area contributed by atoms with Crippen LogP contribution in [0.4, 0.5) is 5.69 Å². The third kappa shape index (κ3) is 3.02. The van der Waals surface area contributed by atoms with Crippen LogP contribution in [0, 0.1) is 6.92 Å². The second-order valence-electron chi connectivity index (χ2n) is 5.78. The Morgan fingerprint density at radius 2 is 1.17 bits per heavy atom. The summed E-state index contributed by atoms with van der Waals surface area (Å²) in [7, 11) is 0. The zero-order valence-corrected chi connectivity index (χ0v) is 14.5. The summed E-state index contributed by atoms with van der Waals surface area (Å²) in [5, 5.41) is 9.17. The Morgan fingerprint density at radius 3 is 1.67 bits per heavy atom. The smallest absolute Gasteiger partial charge is 0.117 e. The van der Waals surface area contributed by atoms with E-state index in [0.29, 0.717) is 0 Å². The second kappa shape index (κ2) is 7.26. The van der Waals surface area contributed by atoms with Gasteiger partial charge in [-0.2, -0.15) is 0 Å². The molecule has 0 N–H and O–H groups in total. The van der Waals surface area contributed by atoms with Crippen molar-refractivity contribution in [3.05, 3.63) is 66.2 Å². The molecule has 0 aliphatic carbocycles. The third-order valence-corrected chi connectivity index (χ3v) is 4.36. The average molecular weight is 317 g/mol. The molecular formula is C21H23N3. The molecule has 0 bridgehead atoms. The lowest BCUT2D eigenvalue weighted by atomic mass is 10.0. The molecular weight excluding hydrogens is 294 g/mol. The minimum atomic E-state index is 0.942. The Morgan fingerprint density at radius 1 is 0.708 bits per heavy atom. The normalized spacial score (nSPS) is 10.6. The van der Waals surface area contributed by atoms with Crippen LogP contribution >= 0.6 is 0 Å². The van der Waals surface area contributed by atoms with Gasteiger partial charge >= 0.3 is 0 Å². The van der Waals surface area contributed by atoms with Crippen molar-refractivity contribution < 1.29 is 0 Å². The van der Waals surface area contributed by atoms with Crippen molar-refractivity contribution in [2.24, 2.45) is 0 Å². The molecule has 0 fully saturated rings. The van der Waals surface area contributed by atoms with Crippen molar-refractivity contribution in [3.8, 4) is 22.5 Å². The highest BCUT2D eigenvalue weighted by Gasteiger charge is 2.19. The van der Waals surface area contributed by atoms with Gasteiger partial charge in [-0.15, -0.1) is 10.2 Å². The van der Waals surface area contributed by atoms with E-state index in [4.69, 9.17) is 0 Å². The van der Waals surface area contributed by atoms with Crippen molar-refractivity contribution in [3.63, 3.8) is 0 Å². The van der Waals surface area contributed by atoms with Gasteiger partial charge in [0.05, 0.1) is 11.4 Å². The van der Waals surface area contributed by atoms with Gasteiger partial charge in [-0.25, -0.2) is 0 Å². The van der Waals surface area contributed by atoms with Crippen LogP contribution in [-0.2, 0) is 0 Å². The van der Waals surface area contributed by atoms with Crippen molar-refractivity contribution in [1.29, 1.82) is 0 Å². The molecule has 122 valence electrons. The van der Waals surface area contributed by atoms with Crippen molar-refractivity contribution in [2.75, 3.05) is 18.0 Å². The fourth-order valence-corrected chi connectivity index (χ4v) is 3.10. The zero-order valence-electron chi connectivity index (χ0n) is 14.5. The van der Waals surface area contributed by atoms with E-state index < -0.39 is 0 Å². The lowest BCUT2D eigenvalue weighted by Gasteiger charge is -2.26. The molecule has 0 radical (unpaired) electrons. The van der Waals surface area contributed by atoms with Crippen LogP contribution in [0.5, 0.6) is 0 Å². The van der Waals surface area contributed by atoms with Gasteiger partial charge in [-0.3, -0.25) is 0 Å². The first-order chi connectivity index (χ1) is 11.8. The van der Waals surface area contributed by atoms with E-state index in [2.05, 4.69) is 60.1 Å². The summed E-state index contributed by atoms with van der Waals surface area (Å²) < 4.78 is 0. The molecule has 0 spiro atoms. The molecule has 0 atom stereocenters. The number of aromatic nitrogens is 2. The second-order valence-corrected chi connectivity index (χ2v) is 5.78. The summed E-state index contributed by atoms with van der Waals surface area (Å²) in [6.07, 6.45) is 0. The largest absolute Gasteiger partial charge is 0.370 e. The summed E-state index contributed by atoms with van der Waals surface area (Å²) in [4.78, 5) is 2.36. The molecule has 0 unspecified atom stereocenters. The predicted molar refractivity (Wildman–Crippen MR) is 101 cm³/mol. The van der Waals surface area contributed by atoms with E-state index in [1.807, 2.05) is 36.4 Å². The van der Waals surface area contributed by atoms with Crippen molar-refractivity contribution in [2.45, 2.75) is 20.8 Å². The number of rotatable bonds is 5. The SMILES string of the molecule is CCN(CC)c1c(-c2ccccc2)nnc(-c2ccccc2)c1C. The number of anilines is 1. The van der Waals surface area contributed by atoms with E-state index in [0.717, 1.165) is 35.6 Å². The Balaban J connectivity index is 2.23. The van der Waals surface area contributed by atoms with Gasteiger partial charge < -0.3 is 4.90 Å². The number of nitrogens with zero attached hydrogens (tertiary/aromatic N) is 3. The van der Waals surface area contributed by atoms with Gasteiger partial charge in [0.1, 0.15) is 5.69 Å². The highest BCUT2D eigenvalue weighted by atomic mass is 15.2. The van der Waals surface area contributed by atoms with Crippen molar-refractivity contribution in [1.82, 2.24) is 10.2 Å². The maximum Gasteiger partial charge on any atom is 0.117 e. The Kier molecular flexibility index (Phi) is 4.90. The predicted octanol–water partition coefficient (Wildman–Crippen LogP) is 4.97. The van der Waals surface area contributed by atoms with Gasteiger partial charge in [0, 0.05) is 29.8 Å². The Hall–Kier alpha value is -2.68. The van der Waals surface area contributed by atoms with Gasteiger partial charge in [0.2, 0.25) is 0 Å². The summed E-state index contributed by atoms with van der Waals surface area (Å²) in [6, 6.07) is 20.6. The van der Waals surface area contributed by atoms with Crippen LogP contribution < -0.4 is 4.90 Å². The summed E-state index contributed by atoms with van der Waals surface area (Å²) >= 11 is 0. The number of benzene rings is 2. The third-order valence-electron chi connectivity index (χ3n) is 4.36. The molecule has 3 rings (SSSR count). The lowest BCUT2D eigenvalue weighted by Crippen LogP contribution is -2.24. The van der Waals surface area contributed by atoms with Gasteiger partial charge in [0.25, 0.3) is 0 Å². The molecule has 3 aromatic rings. The van der Waals surface area contributed by atoms with Gasteiger partial charge in [0.15, 0.2) is 0 Å². The van der Waals surface area contributed by atoms with Crippen LogP contribution in [0.2, 0.25) is 0 Å². The molecule has 0 amide bonds. The van der Waals surface area contributed by atoms with E-state index in [1.54, 1.807) is 0 Å². The van der Waals surface area contributed by atoms with E-state index in [-0.39, 0.29) is 0 Å². The molecule has 3 heteroatoms. The monoisotopic (exact) mass is 317 g/mol. The molecule has 0 aliphatic rings. The molecule has 0 saturated carbocycles. The quantitative estimate of drug-likeness (QED) is 0.665. The maximum atomic E-state index is 4.61. The summed E-state index contributed by atoms with van der Waals surface area (Å²) in [6.45, 7) is 8.39. The molecule has 2 aromatic carbocycles. The molecule has 24 heavy (non-hydrogen) atoms. The fourth-order valence-electron chi connectivity index (χ4n) is 3.10. The van der Waals surface area contributed by atoms with Crippen molar-refractivity contribution >= 4 is 5.69 Å². The first kappa shape index (κ1) is 16.2. The summed E-state index contributed by atoms with van der Waals surface area (Å²) in [5.41, 5.74) is 6.48. The zero-order chi connectivity index (χ0) is 16.9. The molecule has 0 aliphatic heterocycles. The minimum absolute atomic E-state index is 0.942. The highest BCUT2D eigenvalue weighted by Crippen LogP contribution is 2.35. The van der Waals surface area contributed by atoms with Crippen LogP contribution in [-0.4, -0.2) is 23.3 Å². The Labute approximate surface area is 144 Å². The minimum Gasteiger partial charge on any atom is -0.370 e. The van der Waals surface area contributed by atoms with Crippen LogP contribution in [0.3, 0.4) is 0 Å². The molecule has 3 nitrogen and oxygen atoms in total. The van der Waals surface area contributed by atoms with E-state index in [1.165, 1.54) is 11.3 Å². The van der Waals surface area contributed by atoms with Crippen LogP contribution in [0.1, 0.15) is 19.4 Å². The average Bonchev–Trinajstić information content (AvgIpc) is 2.65. The Bertz CT molecular complexity index is 794. The molecule has 0 saturated heterocycles. The number of hydrogen-bond acceptors (Lipinski definition) is 3. The van der Waals surface area contributed by atoms with E-state index in [9.17, 15) is 0 Å². The van der Waals surface area contributed by atoms with E-state index >= 15 is 0 Å². The summed E-state index contributed by atoms with van der Waals surface area (Å²) in [5.74, 6) is 0.